The maximum absolute atomic E-state index is 10.7. The summed E-state index contributed by atoms with van der Waals surface area (Å²) in [5.41, 5.74) is -4.40. The van der Waals surface area contributed by atoms with Crippen LogP contribution < -0.4 is 13.3 Å². The number of hydrogen-bond acceptors (Lipinski definition) is 9. The van der Waals surface area contributed by atoms with E-state index in [9.17, 15) is 39.5 Å². The Hall–Kier alpha value is -1.26. The van der Waals surface area contributed by atoms with Crippen LogP contribution in [0.2, 0.25) is 0 Å². The van der Waals surface area contributed by atoms with Gasteiger partial charge in [0.2, 0.25) is 0 Å². The average Bonchev–Trinajstić information content (AvgIpc) is 3.21. The molecule has 3 heterocycles. The molecule has 0 radical (unpaired) electrons. The Labute approximate surface area is 431 Å². The first kappa shape index (κ1) is 74.3. The topological polar surface area (TPSA) is 206 Å². The third-order valence-corrected chi connectivity index (χ3v) is 11.5. The van der Waals surface area contributed by atoms with Gasteiger partial charge in [0.1, 0.15) is 0 Å². The van der Waals surface area contributed by atoms with Crippen molar-refractivity contribution < 1.29 is 105 Å². The van der Waals surface area contributed by atoms with E-state index < -0.39 is 46.9 Å². The zero-order valence-electron chi connectivity index (χ0n) is 41.0. The van der Waals surface area contributed by atoms with Crippen LogP contribution in [-0.2, 0) is 88.1 Å². The molecule has 0 aliphatic rings. The van der Waals surface area contributed by atoms with Crippen molar-refractivity contribution in [3.05, 3.63) is 84.6 Å². The van der Waals surface area contributed by atoms with Gasteiger partial charge in [-0.05, 0) is 77.5 Å². The molecule has 0 bridgehead atoms. The molecular formula is C42H63F9I3O12S3-. The predicted molar refractivity (Wildman–Crippen MR) is 257 cm³/mol. The summed E-state index contributed by atoms with van der Waals surface area (Å²) in [6.45, 7) is 32.6. The fourth-order valence-electron chi connectivity index (χ4n) is 6.37. The van der Waals surface area contributed by atoms with Crippen LogP contribution in [0, 0.1) is 41.5 Å². The molecule has 27 heteroatoms. The Balaban J connectivity index is -0.000000370. The van der Waals surface area contributed by atoms with E-state index in [2.05, 4.69) is 141 Å². The molecule has 3 aromatic rings. The summed E-state index contributed by atoms with van der Waals surface area (Å²) >= 11 is 5.30. The molecule has 0 fully saturated rings. The van der Waals surface area contributed by atoms with Crippen molar-refractivity contribution in [1.82, 2.24) is 0 Å². The third-order valence-electron chi connectivity index (χ3n) is 9.80. The maximum atomic E-state index is 10.7. The van der Waals surface area contributed by atoms with Crippen LogP contribution in [0.4, 0.5) is 39.5 Å². The Morgan fingerprint density at radius 2 is 0.464 bits per heavy atom. The van der Waals surface area contributed by atoms with Crippen LogP contribution in [0.25, 0.3) is 0 Å². The molecule has 0 saturated heterocycles. The number of hydrogen-bond donors (Lipinski definition) is 0. The van der Waals surface area contributed by atoms with E-state index in [4.69, 9.17) is 52.2 Å². The third kappa shape index (κ3) is 26.0. The maximum Gasteiger partial charge on any atom is 0.485 e. The largest absolute Gasteiger partial charge is 0.741 e. The molecule has 0 amide bonds. The van der Waals surface area contributed by atoms with Crippen molar-refractivity contribution in [3.63, 3.8) is 0 Å². The molecular weight excluding hydrogens is 1340 g/mol. The van der Waals surface area contributed by atoms with Crippen LogP contribution in [0.1, 0.15) is 147 Å². The number of rotatable bonds is 9. The molecule has 0 unspecified atom stereocenters. The zero-order chi connectivity index (χ0) is 55.9. The summed E-state index contributed by atoms with van der Waals surface area (Å²) in [6.07, 6.45) is 9.27. The summed E-state index contributed by atoms with van der Waals surface area (Å²) < 4.78 is 194. The van der Waals surface area contributed by atoms with Crippen LogP contribution in [0.3, 0.4) is 0 Å². The number of halogens is 12. The first-order valence-corrected chi connectivity index (χ1v) is 37.7. The molecule has 3 rings (SSSR count). The average molecular weight is 1410 g/mol. The standard InChI is InChI=1S/3C13H21O.3CHF3O3S.I3/c3*1-6-11-9(4)12(7-2)14-13(8-3)10(11)5;3*2-1(3,4)8(5,6)7;1-3-2/h3*6-8H2,1-5H3;3*(H,5,6,7);/q3*+1;;;;-1/p-3. The second kappa shape index (κ2) is 33.5. The first-order chi connectivity index (χ1) is 31.1. The van der Waals surface area contributed by atoms with Crippen LogP contribution in [-0.4, -0.2) is 55.4 Å². The van der Waals surface area contributed by atoms with Gasteiger partial charge >= 0.3 is 102 Å². The fraction of sp³-hybridized carbons (Fsp3) is 0.643. The minimum Gasteiger partial charge on any atom is -0.741 e. The first-order valence-electron chi connectivity index (χ1n) is 20.9. The van der Waals surface area contributed by atoms with Crippen LogP contribution in [0.5, 0.6) is 0 Å². The van der Waals surface area contributed by atoms with E-state index in [0.717, 1.165) is 92.3 Å². The van der Waals surface area contributed by atoms with Crippen molar-refractivity contribution in [2.45, 2.75) is 178 Å². The monoisotopic (exact) mass is 1410 g/mol. The van der Waals surface area contributed by atoms with Crippen molar-refractivity contribution in [2.24, 2.45) is 0 Å². The van der Waals surface area contributed by atoms with Gasteiger partial charge in [0, 0.05) is 0 Å². The van der Waals surface area contributed by atoms with Gasteiger partial charge in [0.25, 0.3) is 0 Å². The SMILES string of the molecule is CCc1[o+]c(CC)c(C)c(CC)c1C.CCc1[o+]c(CC)c(C)c(CC)c1C.CCc1[o+]c(CC)c(C)c(CC)c1C.I[I-]I.O=S(=O)([O-])C(F)(F)F.O=S(=O)([O-])C(F)(F)F.O=S(=O)([O-])C(F)(F)F. The number of alkyl halides is 9. The molecule has 406 valence electrons. The van der Waals surface area contributed by atoms with Gasteiger partial charge in [-0.25, -0.2) is 38.5 Å². The molecule has 0 N–H and O–H groups in total. The van der Waals surface area contributed by atoms with E-state index in [1.807, 2.05) is 0 Å². The molecule has 0 saturated carbocycles. The zero-order valence-corrected chi connectivity index (χ0v) is 49.9. The van der Waals surface area contributed by atoms with Gasteiger partial charge in [0.15, 0.2) is 30.4 Å². The summed E-state index contributed by atoms with van der Waals surface area (Å²) in [5, 5.41) is 0. The summed E-state index contributed by atoms with van der Waals surface area (Å²) in [5.74, 6) is 6.94. The molecule has 0 aliphatic carbocycles. The van der Waals surface area contributed by atoms with Gasteiger partial charge < -0.3 is 13.7 Å². The van der Waals surface area contributed by atoms with Gasteiger partial charge in [-0.3, -0.25) is 0 Å². The smallest absolute Gasteiger partial charge is 0.485 e. The minimum atomic E-state index is -6.09. The van der Waals surface area contributed by atoms with Crippen LogP contribution in [0.15, 0.2) is 13.3 Å². The van der Waals surface area contributed by atoms with E-state index >= 15 is 0 Å². The Bertz CT molecular complexity index is 2030. The van der Waals surface area contributed by atoms with Gasteiger partial charge in [-0.2, -0.15) is 39.5 Å². The van der Waals surface area contributed by atoms with E-state index in [1.165, 1.54) is 50.1 Å². The molecule has 12 nitrogen and oxygen atoms in total. The number of aryl methyl sites for hydroxylation is 6. The molecule has 0 atom stereocenters. The van der Waals surface area contributed by atoms with Crippen LogP contribution >= 0.6 is 37.2 Å². The molecule has 0 spiro atoms. The minimum absolute atomic E-state index is 0.530. The van der Waals surface area contributed by atoms with E-state index in [1.54, 1.807) is 0 Å². The summed E-state index contributed by atoms with van der Waals surface area (Å²) in [6, 6.07) is 0. The second-order valence-electron chi connectivity index (χ2n) is 14.0. The quantitative estimate of drug-likeness (QED) is 0.0645. The summed E-state index contributed by atoms with van der Waals surface area (Å²) in [7, 11) is -18.3. The molecule has 69 heavy (non-hydrogen) atoms. The van der Waals surface area contributed by atoms with Gasteiger partial charge in [-0.15, -0.1) is 0 Å². The van der Waals surface area contributed by atoms with Gasteiger partial charge in [-0.1, -0.05) is 62.3 Å². The fourth-order valence-corrected chi connectivity index (χ4v) is 6.37. The van der Waals surface area contributed by atoms with Crippen molar-refractivity contribution in [1.29, 1.82) is 0 Å². The van der Waals surface area contributed by atoms with Crippen molar-refractivity contribution in [3.8, 4) is 0 Å². The Kier molecular flexibility index (Phi) is 36.1. The van der Waals surface area contributed by atoms with E-state index in [0.29, 0.717) is 13.3 Å². The normalized spacial score (nSPS) is 11.7. The second-order valence-corrected chi connectivity index (χ2v) is 34.3. The predicted octanol–water partition coefficient (Wildman–Crippen LogP) is 10.5. The van der Waals surface area contributed by atoms with Gasteiger partial charge in [0.05, 0.1) is 71.9 Å². The Morgan fingerprint density at radius 3 is 0.522 bits per heavy atom. The molecule has 0 aromatic carbocycles. The Morgan fingerprint density at radius 1 is 0.362 bits per heavy atom. The van der Waals surface area contributed by atoms with Crippen molar-refractivity contribution in [2.75, 3.05) is 0 Å². The summed E-state index contributed by atoms with van der Waals surface area (Å²) in [4.78, 5) is 0. The molecule has 0 aliphatic heterocycles. The molecule has 3 aromatic heterocycles. The van der Waals surface area contributed by atoms with E-state index in [-0.39, 0.29) is 0 Å². The van der Waals surface area contributed by atoms with Crippen molar-refractivity contribution >= 4 is 67.6 Å².